The van der Waals surface area contributed by atoms with Crippen molar-refractivity contribution >= 4 is 11.3 Å². The predicted octanol–water partition coefficient (Wildman–Crippen LogP) is 2.22. The number of ether oxygens (including phenoxy) is 1. The predicted molar refractivity (Wildman–Crippen MR) is 74.7 cm³/mol. The van der Waals surface area contributed by atoms with E-state index in [-0.39, 0.29) is 0 Å². The summed E-state index contributed by atoms with van der Waals surface area (Å²) in [6, 6.07) is 5.17. The summed E-state index contributed by atoms with van der Waals surface area (Å²) >= 11 is 1.86. The van der Waals surface area contributed by atoms with Crippen LogP contribution in [0.15, 0.2) is 17.5 Å². The van der Waals surface area contributed by atoms with Gasteiger partial charge in [0, 0.05) is 30.6 Å². The first-order valence-electron chi connectivity index (χ1n) is 6.97. The molecule has 2 heterocycles. The summed E-state index contributed by atoms with van der Waals surface area (Å²) in [4.78, 5) is 4.07. The summed E-state index contributed by atoms with van der Waals surface area (Å²) < 4.78 is 5.97. The Morgan fingerprint density at radius 1 is 1.28 bits per heavy atom. The van der Waals surface area contributed by atoms with E-state index in [9.17, 15) is 0 Å². The Labute approximate surface area is 113 Å². The number of thiophene rings is 1. The van der Waals surface area contributed by atoms with Crippen LogP contribution in [-0.4, -0.2) is 36.2 Å². The number of nitrogens with two attached hydrogens (primary N) is 1. The molecule has 3 nitrogen and oxygen atoms in total. The topological polar surface area (TPSA) is 38.5 Å². The highest BCUT2D eigenvalue weighted by atomic mass is 32.1. The van der Waals surface area contributed by atoms with E-state index >= 15 is 0 Å². The lowest BCUT2D eigenvalue weighted by molar-refractivity contribution is 0.0238. The monoisotopic (exact) mass is 266 g/mol. The fourth-order valence-electron chi connectivity index (χ4n) is 2.73. The second-order valence-corrected chi connectivity index (χ2v) is 6.47. The Hall–Kier alpha value is -0.420. The maximum Gasteiger partial charge on any atom is 0.0707 e. The summed E-state index contributed by atoms with van der Waals surface area (Å²) in [5.74, 6) is 0. The van der Waals surface area contributed by atoms with E-state index in [2.05, 4.69) is 22.4 Å². The average molecular weight is 266 g/mol. The minimum atomic E-state index is 0.304. The molecule has 1 saturated heterocycles. The van der Waals surface area contributed by atoms with Crippen molar-refractivity contribution in [2.75, 3.05) is 13.1 Å². The lowest BCUT2D eigenvalue weighted by Crippen LogP contribution is -2.34. The average Bonchev–Trinajstić information content (AvgIpc) is 2.92. The molecule has 2 N–H and O–H groups in total. The van der Waals surface area contributed by atoms with Gasteiger partial charge >= 0.3 is 0 Å². The molecule has 1 aliphatic heterocycles. The minimum absolute atomic E-state index is 0.304. The number of nitrogens with zero attached hydrogens (tertiary/aromatic N) is 1. The van der Waals surface area contributed by atoms with Gasteiger partial charge in [0.15, 0.2) is 0 Å². The van der Waals surface area contributed by atoms with Crippen LogP contribution in [0.4, 0.5) is 0 Å². The molecule has 0 amide bonds. The second kappa shape index (κ2) is 5.70. The molecule has 0 aromatic carbocycles. The van der Waals surface area contributed by atoms with Crippen LogP contribution in [0.3, 0.4) is 0 Å². The molecule has 2 unspecified atom stereocenters. The van der Waals surface area contributed by atoms with E-state index in [1.165, 1.54) is 24.1 Å². The van der Waals surface area contributed by atoms with E-state index in [1.54, 1.807) is 0 Å². The minimum Gasteiger partial charge on any atom is -0.372 e. The lowest BCUT2D eigenvalue weighted by atomic mass is 10.2. The van der Waals surface area contributed by atoms with E-state index in [0.29, 0.717) is 18.8 Å². The molecule has 0 spiro atoms. The molecule has 18 heavy (non-hydrogen) atoms. The second-order valence-electron chi connectivity index (χ2n) is 5.43. The van der Waals surface area contributed by atoms with Gasteiger partial charge in [-0.05, 0) is 37.1 Å². The summed E-state index contributed by atoms with van der Waals surface area (Å²) in [6.45, 7) is 2.85. The van der Waals surface area contributed by atoms with Crippen molar-refractivity contribution < 1.29 is 4.74 Å². The molecule has 2 fully saturated rings. The van der Waals surface area contributed by atoms with Gasteiger partial charge in [-0.2, -0.15) is 0 Å². The summed E-state index contributed by atoms with van der Waals surface area (Å²) in [6.07, 6.45) is 5.74. The first-order chi connectivity index (χ1) is 8.85. The van der Waals surface area contributed by atoms with Gasteiger partial charge in [-0.25, -0.2) is 0 Å². The summed E-state index contributed by atoms with van der Waals surface area (Å²) in [7, 11) is 0. The molecule has 0 bridgehead atoms. The largest absolute Gasteiger partial charge is 0.372 e. The zero-order valence-electron chi connectivity index (χ0n) is 10.8. The van der Waals surface area contributed by atoms with Crippen LogP contribution in [-0.2, 0) is 11.3 Å². The molecule has 2 aliphatic rings. The van der Waals surface area contributed by atoms with Crippen molar-refractivity contribution in [2.24, 2.45) is 5.73 Å². The summed E-state index contributed by atoms with van der Waals surface area (Å²) in [5, 5.41) is 2.16. The Morgan fingerprint density at radius 2 is 2.11 bits per heavy atom. The molecule has 4 heteroatoms. The first-order valence-corrected chi connectivity index (χ1v) is 7.85. The molecule has 1 aliphatic carbocycles. The third kappa shape index (κ3) is 3.12. The third-order valence-electron chi connectivity index (χ3n) is 3.90. The van der Waals surface area contributed by atoms with E-state index in [4.69, 9.17) is 10.5 Å². The molecular formula is C14H22N2OS. The maximum atomic E-state index is 5.97. The molecular weight excluding hydrogens is 244 g/mol. The smallest absolute Gasteiger partial charge is 0.0707 e. The van der Waals surface area contributed by atoms with Crippen LogP contribution in [0.25, 0.3) is 0 Å². The molecule has 0 radical (unpaired) electrons. The van der Waals surface area contributed by atoms with Gasteiger partial charge in [0.1, 0.15) is 0 Å². The van der Waals surface area contributed by atoms with Crippen molar-refractivity contribution in [1.29, 1.82) is 0 Å². The van der Waals surface area contributed by atoms with Gasteiger partial charge in [-0.3, -0.25) is 4.90 Å². The molecule has 1 aromatic rings. The highest BCUT2D eigenvalue weighted by Gasteiger charge is 2.33. The number of hydrogen-bond acceptors (Lipinski definition) is 4. The van der Waals surface area contributed by atoms with E-state index < -0.39 is 0 Å². The molecule has 2 atom stereocenters. The van der Waals surface area contributed by atoms with Crippen molar-refractivity contribution in [1.82, 2.24) is 4.90 Å². The van der Waals surface area contributed by atoms with Gasteiger partial charge in [0.25, 0.3) is 0 Å². The summed E-state index contributed by atoms with van der Waals surface area (Å²) in [5.41, 5.74) is 5.67. The zero-order valence-corrected chi connectivity index (χ0v) is 11.6. The number of hydrogen-bond donors (Lipinski definition) is 1. The van der Waals surface area contributed by atoms with Crippen LogP contribution in [0, 0.1) is 0 Å². The van der Waals surface area contributed by atoms with Crippen LogP contribution >= 0.6 is 11.3 Å². The van der Waals surface area contributed by atoms with Gasteiger partial charge in [0.05, 0.1) is 12.2 Å². The Kier molecular flexibility index (Phi) is 3.99. The quantitative estimate of drug-likeness (QED) is 0.858. The van der Waals surface area contributed by atoms with Crippen LogP contribution in [0.1, 0.15) is 30.6 Å². The van der Waals surface area contributed by atoms with Crippen LogP contribution in [0.5, 0.6) is 0 Å². The van der Waals surface area contributed by atoms with Crippen LogP contribution < -0.4 is 5.73 Å². The molecule has 1 saturated carbocycles. The van der Waals surface area contributed by atoms with Crippen molar-refractivity contribution in [3.63, 3.8) is 0 Å². The molecule has 1 aromatic heterocycles. The van der Waals surface area contributed by atoms with Crippen LogP contribution in [0.2, 0.25) is 0 Å². The fourth-order valence-corrected chi connectivity index (χ4v) is 3.46. The zero-order chi connectivity index (χ0) is 12.4. The Balaban J connectivity index is 1.54. The SMILES string of the molecule is NCC1CCC(CN(Cc2cccs2)C2CC2)O1. The van der Waals surface area contributed by atoms with Crippen molar-refractivity contribution in [3.8, 4) is 0 Å². The highest BCUT2D eigenvalue weighted by molar-refractivity contribution is 7.09. The fraction of sp³-hybridized carbons (Fsp3) is 0.714. The first kappa shape index (κ1) is 12.6. The van der Waals surface area contributed by atoms with Gasteiger partial charge in [0.2, 0.25) is 0 Å². The highest BCUT2D eigenvalue weighted by Crippen LogP contribution is 2.31. The lowest BCUT2D eigenvalue weighted by Gasteiger charge is -2.25. The van der Waals surface area contributed by atoms with E-state index in [0.717, 1.165) is 25.6 Å². The normalized spacial score (nSPS) is 28.1. The van der Waals surface area contributed by atoms with E-state index in [1.807, 2.05) is 11.3 Å². The molecule has 3 rings (SSSR count). The van der Waals surface area contributed by atoms with Crippen molar-refractivity contribution in [3.05, 3.63) is 22.4 Å². The number of rotatable bonds is 6. The maximum absolute atomic E-state index is 5.97. The third-order valence-corrected chi connectivity index (χ3v) is 4.76. The molecule has 100 valence electrons. The van der Waals surface area contributed by atoms with Gasteiger partial charge < -0.3 is 10.5 Å². The Bertz CT molecular complexity index is 364. The van der Waals surface area contributed by atoms with Gasteiger partial charge in [-0.15, -0.1) is 11.3 Å². The van der Waals surface area contributed by atoms with Gasteiger partial charge in [-0.1, -0.05) is 6.07 Å². The standard InChI is InChI=1S/C14H22N2OS/c15-8-12-5-6-13(17-12)9-16(11-3-4-11)10-14-2-1-7-18-14/h1-2,7,11-13H,3-6,8-10,15H2. The Morgan fingerprint density at radius 3 is 2.72 bits per heavy atom. The van der Waals surface area contributed by atoms with Crippen molar-refractivity contribution in [2.45, 2.75) is 50.5 Å².